The van der Waals surface area contributed by atoms with Gasteiger partial charge in [0.25, 0.3) is 0 Å². The van der Waals surface area contributed by atoms with Gasteiger partial charge < -0.3 is 10.1 Å². The maximum Gasteiger partial charge on any atom is 0.241 e. The van der Waals surface area contributed by atoms with Gasteiger partial charge in [-0.2, -0.15) is 0 Å². The molecular formula is C20H25FN2O2. The number of benzene rings is 2. The van der Waals surface area contributed by atoms with Crippen molar-refractivity contribution in [2.24, 2.45) is 0 Å². The molecular weight excluding hydrogens is 319 g/mol. The molecule has 1 atom stereocenters. The van der Waals surface area contributed by atoms with Crippen LogP contribution in [0.4, 0.5) is 10.1 Å². The zero-order valence-corrected chi connectivity index (χ0v) is 14.7. The van der Waals surface area contributed by atoms with Crippen molar-refractivity contribution < 1.29 is 13.9 Å². The molecule has 1 amide bonds. The molecule has 0 aliphatic carbocycles. The Morgan fingerprint density at radius 2 is 1.80 bits per heavy atom. The number of carbonyl (C=O) groups is 1. The van der Waals surface area contributed by atoms with Crippen LogP contribution in [0.25, 0.3) is 0 Å². The van der Waals surface area contributed by atoms with E-state index in [4.69, 9.17) is 4.74 Å². The van der Waals surface area contributed by atoms with Gasteiger partial charge in [-0.25, -0.2) is 4.39 Å². The molecule has 4 nitrogen and oxygen atoms in total. The molecule has 0 spiro atoms. The van der Waals surface area contributed by atoms with Gasteiger partial charge >= 0.3 is 0 Å². The van der Waals surface area contributed by atoms with E-state index in [1.165, 1.54) is 6.07 Å². The summed E-state index contributed by atoms with van der Waals surface area (Å²) in [6.07, 6.45) is 0.919. The quantitative estimate of drug-likeness (QED) is 0.749. The minimum Gasteiger partial charge on any atom is -0.489 e. The van der Waals surface area contributed by atoms with E-state index in [0.717, 1.165) is 18.7 Å². The second-order valence-electron chi connectivity index (χ2n) is 5.85. The first kappa shape index (κ1) is 18.9. The Bertz CT molecular complexity index is 664. The first-order valence-corrected chi connectivity index (χ1v) is 8.59. The molecule has 134 valence electrons. The molecule has 0 saturated heterocycles. The number of amides is 1. The van der Waals surface area contributed by atoms with E-state index >= 15 is 0 Å². The predicted octanol–water partition coefficient (Wildman–Crippen LogP) is 3.94. The number of ether oxygens (including phenoxy) is 1. The summed E-state index contributed by atoms with van der Waals surface area (Å²) in [7, 11) is 0. The van der Waals surface area contributed by atoms with E-state index in [2.05, 4.69) is 12.2 Å². The van der Waals surface area contributed by atoms with Gasteiger partial charge in [0.1, 0.15) is 6.61 Å². The fourth-order valence-electron chi connectivity index (χ4n) is 2.55. The van der Waals surface area contributed by atoms with Crippen LogP contribution in [-0.4, -0.2) is 36.5 Å². The fraction of sp³-hybridized carbons (Fsp3) is 0.350. The van der Waals surface area contributed by atoms with Crippen LogP contribution in [0, 0.1) is 5.82 Å². The number of rotatable bonds is 9. The van der Waals surface area contributed by atoms with Gasteiger partial charge in [-0.1, -0.05) is 37.3 Å². The van der Waals surface area contributed by atoms with Crippen molar-refractivity contribution in [3.8, 4) is 5.75 Å². The molecule has 5 heteroatoms. The summed E-state index contributed by atoms with van der Waals surface area (Å²) < 4.78 is 19.1. The highest BCUT2D eigenvalue weighted by Crippen LogP contribution is 2.15. The Labute approximate surface area is 148 Å². The summed E-state index contributed by atoms with van der Waals surface area (Å²) in [6.45, 7) is 5.57. The average molecular weight is 344 g/mol. The van der Waals surface area contributed by atoms with E-state index in [1.807, 2.05) is 42.2 Å². The Hall–Kier alpha value is -2.40. The van der Waals surface area contributed by atoms with Crippen LogP contribution in [0.1, 0.15) is 20.3 Å². The van der Waals surface area contributed by atoms with Crippen LogP contribution in [0.5, 0.6) is 5.75 Å². The highest BCUT2D eigenvalue weighted by Gasteiger charge is 2.20. The van der Waals surface area contributed by atoms with Crippen LogP contribution in [0.15, 0.2) is 54.6 Å². The van der Waals surface area contributed by atoms with E-state index in [-0.39, 0.29) is 23.5 Å². The van der Waals surface area contributed by atoms with Crippen molar-refractivity contribution in [3.05, 3.63) is 60.4 Å². The first-order chi connectivity index (χ1) is 12.1. The smallest absolute Gasteiger partial charge is 0.241 e. The number of hydrogen-bond donors (Lipinski definition) is 1. The van der Waals surface area contributed by atoms with Crippen LogP contribution in [0.3, 0.4) is 0 Å². The standard InChI is InChI=1S/C20H25FN2O2/c1-3-13-23(14-15-25-19-12-8-7-11-18(19)21)16(2)20(24)22-17-9-5-4-6-10-17/h4-12,16H,3,13-15H2,1-2H3,(H,22,24). The molecule has 25 heavy (non-hydrogen) atoms. The molecule has 0 bridgehead atoms. The maximum absolute atomic E-state index is 13.6. The highest BCUT2D eigenvalue weighted by molar-refractivity contribution is 5.94. The Morgan fingerprint density at radius 3 is 2.48 bits per heavy atom. The zero-order chi connectivity index (χ0) is 18.1. The van der Waals surface area contributed by atoms with Crippen molar-refractivity contribution in [1.29, 1.82) is 0 Å². The third-order valence-electron chi connectivity index (χ3n) is 3.95. The topological polar surface area (TPSA) is 41.6 Å². The lowest BCUT2D eigenvalue weighted by Crippen LogP contribution is -2.44. The van der Waals surface area contributed by atoms with Gasteiger partial charge in [0, 0.05) is 12.2 Å². The number of nitrogens with zero attached hydrogens (tertiary/aromatic N) is 1. The molecule has 0 radical (unpaired) electrons. The molecule has 0 saturated carbocycles. The number of hydrogen-bond acceptors (Lipinski definition) is 3. The van der Waals surface area contributed by atoms with Crippen molar-refractivity contribution in [3.63, 3.8) is 0 Å². The minimum absolute atomic E-state index is 0.0643. The maximum atomic E-state index is 13.6. The lowest BCUT2D eigenvalue weighted by atomic mass is 10.2. The molecule has 0 aliphatic heterocycles. The highest BCUT2D eigenvalue weighted by atomic mass is 19.1. The number of para-hydroxylation sites is 2. The Balaban J connectivity index is 1.89. The third-order valence-corrected chi connectivity index (χ3v) is 3.95. The van der Waals surface area contributed by atoms with Crippen LogP contribution in [-0.2, 0) is 4.79 Å². The molecule has 1 unspecified atom stereocenters. The molecule has 1 N–H and O–H groups in total. The lowest BCUT2D eigenvalue weighted by molar-refractivity contribution is -0.120. The minimum atomic E-state index is -0.376. The van der Waals surface area contributed by atoms with Gasteiger partial charge in [0.15, 0.2) is 11.6 Å². The van der Waals surface area contributed by atoms with Gasteiger partial charge in [-0.3, -0.25) is 9.69 Å². The molecule has 0 fully saturated rings. The summed E-state index contributed by atoms with van der Waals surface area (Å²) >= 11 is 0. The predicted molar refractivity (Wildman–Crippen MR) is 98.3 cm³/mol. The molecule has 2 aromatic carbocycles. The third kappa shape index (κ3) is 5.87. The molecule has 2 aromatic rings. The second kappa shape index (κ2) is 9.79. The van der Waals surface area contributed by atoms with Crippen LogP contribution in [0.2, 0.25) is 0 Å². The van der Waals surface area contributed by atoms with Crippen LogP contribution < -0.4 is 10.1 Å². The monoisotopic (exact) mass is 344 g/mol. The molecule has 2 rings (SSSR count). The largest absolute Gasteiger partial charge is 0.489 e. The molecule has 0 aromatic heterocycles. The number of nitrogens with one attached hydrogen (secondary N) is 1. The van der Waals surface area contributed by atoms with Crippen molar-refractivity contribution in [1.82, 2.24) is 4.90 Å². The van der Waals surface area contributed by atoms with Crippen molar-refractivity contribution in [2.75, 3.05) is 25.0 Å². The van der Waals surface area contributed by atoms with Crippen molar-refractivity contribution >= 4 is 11.6 Å². The van der Waals surface area contributed by atoms with Crippen molar-refractivity contribution in [2.45, 2.75) is 26.3 Å². The zero-order valence-electron chi connectivity index (χ0n) is 14.7. The van der Waals surface area contributed by atoms with Gasteiger partial charge in [-0.15, -0.1) is 0 Å². The summed E-state index contributed by atoms with van der Waals surface area (Å²) in [5.74, 6) is -0.203. The number of carbonyl (C=O) groups excluding carboxylic acids is 1. The lowest BCUT2D eigenvalue weighted by Gasteiger charge is -2.27. The average Bonchev–Trinajstić information content (AvgIpc) is 2.62. The molecule has 0 heterocycles. The second-order valence-corrected chi connectivity index (χ2v) is 5.85. The number of halogens is 1. The normalized spacial score (nSPS) is 12.0. The summed E-state index contributed by atoms with van der Waals surface area (Å²) in [5, 5.41) is 2.92. The SMILES string of the molecule is CCCN(CCOc1ccccc1F)C(C)C(=O)Nc1ccccc1. The van der Waals surface area contributed by atoms with Crippen LogP contribution >= 0.6 is 0 Å². The number of anilines is 1. The first-order valence-electron chi connectivity index (χ1n) is 8.59. The molecule has 0 aliphatic rings. The van der Waals surface area contributed by atoms with E-state index in [9.17, 15) is 9.18 Å². The van der Waals surface area contributed by atoms with E-state index < -0.39 is 0 Å². The van der Waals surface area contributed by atoms with E-state index in [1.54, 1.807) is 18.2 Å². The fourth-order valence-corrected chi connectivity index (χ4v) is 2.55. The summed E-state index contributed by atoms with van der Waals surface area (Å²) in [6, 6.07) is 15.4. The Kier molecular flexibility index (Phi) is 7.41. The van der Waals surface area contributed by atoms with Gasteiger partial charge in [0.05, 0.1) is 6.04 Å². The van der Waals surface area contributed by atoms with Gasteiger partial charge in [0.2, 0.25) is 5.91 Å². The van der Waals surface area contributed by atoms with Gasteiger partial charge in [-0.05, 0) is 44.2 Å². The Morgan fingerprint density at radius 1 is 1.12 bits per heavy atom. The summed E-state index contributed by atoms with van der Waals surface area (Å²) in [4.78, 5) is 14.5. The van der Waals surface area contributed by atoms with E-state index in [0.29, 0.717) is 13.2 Å². The summed E-state index contributed by atoms with van der Waals surface area (Å²) in [5.41, 5.74) is 0.776.